The third-order valence-electron chi connectivity index (χ3n) is 1.89. The van der Waals surface area contributed by atoms with E-state index in [2.05, 4.69) is 0 Å². The lowest BCUT2D eigenvalue weighted by Crippen LogP contribution is -1.96. The standard InChI is InChI=1S/C9H7Cl2NO2S/c1-2-6-3-7(5-12)9(10)8(4-6)15(11,13)14/h3-4H,2H2,1H3. The highest BCUT2D eigenvalue weighted by Crippen LogP contribution is 2.29. The molecule has 15 heavy (non-hydrogen) atoms. The van der Waals surface area contributed by atoms with Gasteiger partial charge < -0.3 is 0 Å². The van der Waals surface area contributed by atoms with E-state index in [1.807, 2.05) is 13.0 Å². The Morgan fingerprint density at radius 1 is 1.47 bits per heavy atom. The third kappa shape index (κ3) is 2.63. The summed E-state index contributed by atoms with van der Waals surface area (Å²) in [4.78, 5) is -0.207. The van der Waals surface area contributed by atoms with Crippen molar-refractivity contribution in [1.29, 1.82) is 5.26 Å². The van der Waals surface area contributed by atoms with E-state index in [0.717, 1.165) is 0 Å². The number of hydrogen-bond acceptors (Lipinski definition) is 3. The molecule has 0 aliphatic heterocycles. The molecule has 0 N–H and O–H groups in total. The van der Waals surface area contributed by atoms with E-state index in [1.165, 1.54) is 6.07 Å². The lowest BCUT2D eigenvalue weighted by molar-refractivity contribution is 0.609. The summed E-state index contributed by atoms with van der Waals surface area (Å²) in [6, 6.07) is 4.76. The molecule has 0 bridgehead atoms. The SMILES string of the molecule is CCc1cc(C#N)c(Cl)c(S(=O)(=O)Cl)c1. The van der Waals surface area contributed by atoms with Crippen LogP contribution < -0.4 is 0 Å². The summed E-state index contributed by atoms with van der Waals surface area (Å²) in [5, 5.41) is 8.64. The van der Waals surface area contributed by atoms with E-state index >= 15 is 0 Å². The van der Waals surface area contributed by atoms with Crippen LogP contribution in [0, 0.1) is 11.3 Å². The van der Waals surface area contributed by atoms with E-state index in [4.69, 9.17) is 27.5 Å². The molecule has 1 rings (SSSR count). The highest BCUT2D eigenvalue weighted by molar-refractivity contribution is 8.13. The Kier molecular flexibility index (Phi) is 3.61. The quantitative estimate of drug-likeness (QED) is 0.771. The molecule has 0 saturated carbocycles. The van der Waals surface area contributed by atoms with Gasteiger partial charge in [-0.1, -0.05) is 18.5 Å². The van der Waals surface area contributed by atoms with Gasteiger partial charge in [0, 0.05) is 10.7 Å². The highest BCUT2D eigenvalue weighted by Gasteiger charge is 2.18. The Morgan fingerprint density at radius 2 is 2.07 bits per heavy atom. The second-order valence-corrected chi connectivity index (χ2v) is 5.77. The molecule has 6 heteroatoms. The summed E-state index contributed by atoms with van der Waals surface area (Å²) in [6.07, 6.45) is 0.602. The zero-order valence-electron chi connectivity index (χ0n) is 7.79. The van der Waals surface area contributed by atoms with Crippen molar-refractivity contribution in [1.82, 2.24) is 0 Å². The molecule has 1 aromatic rings. The minimum Gasteiger partial charge on any atom is -0.207 e. The number of nitriles is 1. The van der Waals surface area contributed by atoms with E-state index in [0.29, 0.717) is 12.0 Å². The Hall–Kier alpha value is -0.760. The smallest absolute Gasteiger partial charge is 0.207 e. The van der Waals surface area contributed by atoms with Gasteiger partial charge in [-0.25, -0.2) is 8.42 Å². The molecule has 0 atom stereocenters. The van der Waals surface area contributed by atoms with Crippen molar-refractivity contribution in [3.8, 4) is 6.07 Å². The zero-order chi connectivity index (χ0) is 11.6. The Labute approximate surface area is 97.7 Å². The van der Waals surface area contributed by atoms with Crippen molar-refractivity contribution < 1.29 is 8.42 Å². The fraction of sp³-hybridized carbons (Fsp3) is 0.222. The minimum absolute atomic E-state index is 0.121. The van der Waals surface area contributed by atoms with E-state index in [-0.39, 0.29) is 15.5 Å². The predicted molar refractivity (Wildman–Crippen MR) is 58.6 cm³/mol. The minimum atomic E-state index is -3.91. The molecule has 0 aromatic heterocycles. The normalized spacial score (nSPS) is 11.1. The number of hydrogen-bond donors (Lipinski definition) is 0. The molecule has 0 spiro atoms. The topological polar surface area (TPSA) is 57.9 Å². The van der Waals surface area contributed by atoms with Gasteiger partial charge in [-0.15, -0.1) is 0 Å². The van der Waals surface area contributed by atoms with Crippen LogP contribution >= 0.6 is 22.3 Å². The largest absolute Gasteiger partial charge is 0.262 e. The van der Waals surface area contributed by atoms with Crippen LogP contribution in [0.1, 0.15) is 18.1 Å². The van der Waals surface area contributed by atoms with Crippen molar-refractivity contribution in [2.24, 2.45) is 0 Å². The van der Waals surface area contributed by atoms with Crippen molar-refractivity contribution in [3.05, 3.63) is 28.3 Å². The van der Waals surface area contributed by atoms with Crippen LogP contribution in [-0.4, -0.2) is 8.42 Å². The summed E-state index contributed by atoms with van der Waals surface area (Å²) in [6.45, 7) is 1.84. The molecule has 0 aliphatic rings. The number of aryl methyl sites for hydroxylation is 1. The average Bonchev–Trinajstić information content (AvgIpc) is 2.16. The Bertz CT molecular complexity index is 532. The molecule has 0 radical (unpaired) electrons. The summed E-state index contributed by atoms with van der Waals surface area (Å²) < 4.78 is 22.3. The first-order valence-electron chi connectivity index (χ1n) is 4.07. The van der Waals surface area contributed by atoms with Crippen LogP contribution in [0.2, 0.25) is 5.02 Å². The Morgan fingerprint density at radius 3 is 2.47 bits per heavy atom. The maximum absolute atomic E-state index is 11.2. The van der Waals surface area contributed by atoms with Crippen molar-refractivity contribution in [2.45, 2.75) is 18.2 Å². The monoisotopic (exact) mass is 263 g/mol. The predicted octanol–water partition coefficient (Wildman–Crippen LogP) is 2.70. The fourth-order valence-corrected chi connectivity index (χ4v) is 2.67. The van der Waals surface area contributed by atoms with Gasteiger partial charge in [-0.05, 0) is 24.1 Å². The van der Waals surface area contributed by atoms with Crippen LogP contribution in [0.4, 0.5) is 0 Å². The van der Waals surface area contributed by atoms with Gasteiger partial charge in [0.15, 0.2) is 0 Å². The molecule has 3 nitrogen and oxygen atoms in total. The van der Waals surface area contributed by atoms with Crippen LogP contribution in [-0.2, 0) is 15.5 Å². The number of benzene rings is 1. The summed E-state index contributed by atoms with van der Waals surface area (Å²) in [5.41, 5.74) is 0.824. The molecule has 0 fully saturated rings. The van der Waals surface area contributed by atoms with Crippen molar-refractivity contribution in [2.75, 3.05) is 0 Å². The van der Waals surface area contributed by atoms with E-state index in [9.17, 15) is 8.42 Å². The number of halogens is 2. The van der Waals surface area contributed by atoms with E-state index < -0.39 is 9.05 Å². The van der Waals surface area contributed by atoms with Crippen LogP contribution in [0.3, 0.4) is 0 Å². The van der Waals surface area contributed by atoms with Crippen molar-refractivity contribution >= 4 is 31.3 Å². The number of nitrogens with zero attached hydrogens (tertiary/aromatic N) is 1. The lowest BCUT2D eigenvalue weighted by atomic mass is 10.1. The maximum atomic E-state index is 11.2. The molecule has 0 saturated heterocycles. The fourth-order valence-electron chi connectivity index (χ4n) is 1.12. The second-order valence-electron chi connectivity index (χ2n) is 2.86. The Balaban J connectivity index is 3.61. The first-order chi connectivity index (χ1) is 6.90. The second kappa shape index (κ2) is 4.40. The number of rotatable bonds is 2. The highest BCUT2D eigenvalue weighted by atomic mass is 35.7. The van der Waals surface area contributed by atoms with E-state index in [1.54, 1.807) is 6.07 Å². The maximum Gasteiger partial charge on any atom is 0.262 e. The molecular formula is C9H7Cl2NO2S. The first kappa shape index (κ1) is 12.3. The summed E-state index contributed by atoms with van der Waals surface area (Å²) >= 11 is 5.74. The molecular weight excluding hydrogens is 257 g/mol. The van der Waals surface area contributed by atoms with Crippen molar-refractivity contribution in [3.63, 3.8) is 0 Å². The lowest BCUT2D eigenvalue weighted by Gasteiger charge is -2.05. The molecule has 0 heterocycles. The van der Waals surface area contributed by atoms with Gasteiger partial charge in [0.1, 0.15) is 11.0 Å². The zero-order valence-corrected chi connectivity index (χ0v) is 10.1. The summed E-state index contributed by atoms with van der Waals surface area (Å²) in [5.74, 6) is 0. The van der Waals surface area contributed by atoms with Gasteiger partial charge >= 0.3 is 0 Å². The molecule has 1 aromatic carbocycles. The van der Waals surface area contributed by atoms with Crippen LogP contribution in [0.15, 0.2) is 17.0 Å². The first-order valence-corrected chi connectivity index (χ1v) is 6.76. The van der Waals surface area contributed by atoms with Gasteiger partial charge in [0.2, 0.25) is 0 Å². The molecule has 80 valence electrons. The molecule has 0 unspecified atom stereocenters. The van der Waals surface area contributed by atoms with Gasteiger partial charge in [0.25, 0.3) is 9.05 Å². The average molecular weight is 264 g/mol. The van der Waals surface area contributed by atoms with Gasteiger partial charge in [0.05, 0.1) is 10.6 Å². The summed E-state index contributed by atoms with van der Waals surface area (Å²) in [7, 11) is 1.29. The van der Waals surface area contributed by atoms with Crippen LogP contribution in [0.25, 0.3) is 0 Å². The third-order valence-corrected chi connectivity index (χ3v) is 3.76. The molecule has 0 amide bonds. The molecule has 0 aliphatic carbocycles. The van der Waals surface area contributed by atoms with Gasteiger partial charge in [-0.3, -0.25) is 0 Å². The van der Waals surface area contributed by atoms with Gasteiger partial charge in [-0.2, -0.15) is 5.26 Å². The van der Waals surface area contributed by atoms with Crippen LogP contribution in [0.5, 0.6) is 0 Å².